The molecule has 3 nitrogen and oxygen atoms in total. The van der Waals surface area contributed by atoms with Crippen molar-refractivity contribution in [2.75, 3.05) is 7.11 Å². The van der Waals surface area contributed by atoms with Crippen LogP contribution in [0.4, 0.5) is 0 Å². The molecule has 0 heterocycles. The summed E-state index contributed by atoms with van der Waals surface area (Å²) in [6.45, 7) is 0. The molecule has 4 heteroatoms. The van der Waals surface area contributed by atoms with E-state index in [9.17, 15) is 4.91 Å². The first-order chi connectivity index (χ1) is 5.79. The fourth-order valence-electron chi connectivity index (χ4n) is 2.71. The van der Waals surface area contributed by atoms with Crippen molar-refractivity contribution >= 4 is 11.6 Å². The Hall–Kier alpha value is -0.150. The van der Waals surface area contributed by atoms with Gasteiger partial charge in [-0.2, -0.15) is 4.91 Å². The average molecular weight is 190 g/mol. The number of hydrogen-bond acceptors (Lipinski definition) is 3. The normalized spacial score (nSPS) is 51.3. The molecule has 12 heavy (non-hydrogen) atoms. The van der Waals surface area contributed by atoms with Crippen LogP contribution in [0.5, 0.6) is 0 Å². The second-order valence-electron chi connectivity index (χ2n) is 3.65. The van der Waals surface area contributed by atoms with Gasteiger partial charge < -0.3 is 4.74 Å². The highest BCUT2D eigenvalue weighted by Gasteiger charge is 2.55. The van der Waals surface area contributed by atoms with Gasteiger partial charge in [-0.15, -0.1) is 11.6 Å². The maximum atomic E-state index is 10.5. The molecule has 0 aliphatic heterocycles. The van der Waals surface area contributed by atoms with Gasteiger partial charge in [0.25, 0.3) is 0 Å². The predicted molar refractivity (Wildman–Crippen MR) is 46.2 cm³/mol. The molecule has 0 saturated heterocycles. The molecule has 2 aliphatic rings. The molecule has 0 unspecified atom stereocenters. The Kier molecular flexibility index (Phi) is 2.09. The number of fused-ring (bicyclic) bond motifs is 2. The molecule has 5 atom stereocenters. The Labute approximate surface area is 76.4 Å². The van der Waals surface area contributed by atoms with Gasteiger partial charge >= 0.3 is 0 Å². The van der Waals surface area contributed by atoms with Crippen molar-refractivity contribution < 1.29 is 4.74 Å². The van der Waals surface area contributed by atoms with E-state index >= 15 is 0 Å². The number of nitrogens with zero attached hydrogens (tertiary/aromatic N) is 1. The molecule has 0 radical (unpaired) electrons. The highest BCUT2D eigenvalue weighted by molar-refractivity contribution is 6.21. The first-order valence-electron chi connectivity index (χ1n) is 4.29. The summed E-state index contributed by atoms with van der Waals surface area (Å²) in [7, 11) is 1.69. The van der Waals surface area contributed by atoms with Crippen LogP contribution in [0.3, 0.4) is 0 Å². The smallest absolute Gasteiger partial charge is 0.114 e. The minimum atomic E-state index is -0.213. The van der Waals surface area contributed by atoms with Crippen LogP contribution in [0, 0.1) is 16.7 Å². The van der Waals surface area contributed by atoms with Gasteiger partial charge in [-0.25, -0.2) is 0 Å². The lowest BCUT2D eigenvalue weighted by molar-refractivity contribution is 0.0651. The van der Waals surface area contributed by atoms with E-state index < -0.39 is 0 Å². The molecule has 2 fully saturated rings. The van der Waals surface area contributed by atoms with Crippen LogP contribution in [-0.2, 0) is 4.74 Å². The second-order valence-corrected chi connectivity index (χ2v) is 4.15. The maximum Gasteiger partial charge on any atom is 0.114 e. The maximum absolute atomic E-state index is 10.5. The van der Waals surface area contributed by atoms with Crippen LogP contribution in [0.15, 0.2) is 5.18 Å². The van der Waals surface area contributed by atoms with E-state index in [-0.39, 0.29) is 23.4 Å². The van der Waals surface area contributed by atoms with Gasteiger partial charge in [0.1, 0.15) is 6.04 Å². The molecular formula is C8H12ClNO2. The summed E-state index contributed by atoms with van der Waals surface area (Å²) in [5.41, 5.74) is 0. The third-order valence-corrected chi connectivity index (χ3v) is 3.83. The summed E-state index contributed by atoms with van der Waals surface area (Å²) in [5, 5.41) is 3.00. The second kappa shape index (κ2) is 2.96. The molecule has 68 valence electrons. The van der Waals surface area contributed by atoms with Gasteiger partial charge in [0.05, 0.1) is 11.5 Å². The minimum Gasteiger partial charge on any atom is -0.381 e. The van der Waals surface area contributed by atoms with Crippen molar-refractivity contribution in [2.24, 2.45) is 17.0 Å². The zero-order valence-corrected chi connectivity index (χ0v) is 7.70. The number of methoxy groups -OCH3 is 1. The molecule has 0 aromatic rings. The summed E-state index contributed by atoms with van der Waals surface area (Å²) in [4.78, 5) is 10.5. The van der Waals surface area contributed by atoms with Gasteiger partial charge in [0, 0.05) is 18.9 Å². The molecule has 2 rings (SSSR count). The molecule has 2 aliphatic carbocycles. The zero-order valence-electron chi connectivity index (χ0n) is 6.94. The SMILES string of the molecule is CO[C@@H]1[C@@H]2CC[C@H]1[C@@H](N=O)[C@H]2Cl. The lowest BCUT2D eigenvalue weighted by Crippen LogP contribution is -2.25. The number of rotatable bonds is 2. The lowest BCUT2D eigenvalue weighted by Gasteiger charge is -2.18. The highest BCUT2D eigenvalue weighted by atomic mass is 35.5. The number of nitroso groups, excluding NO2 is 1. The molecule has 0 spiro atoms. The minimum absolute atomic E-state index is 0.0915. The van der Waals surface area contributed by atoms with E-state index in [4.69, 9.17) is 16.3 Å². The van der Waals surface area contributed by atoms with E-state index in [1.807, 2.05) is 0 Å². The topological polar surface area (TPSA) is 38.7 Å². The number of alkyl halides is 1. The average Bonchev–Trinajstić information content (AvgIpc) is 2.58. The Morgan fingerprint density at radius 1 is 1.42 bits per heavy atom. The van der Waals surface area contributed by atoms with Crippen molar-refractivity contribution in [3.05, 3.63) is 4.91 Å². The van der Waals surface area contributed by atoms with Gasteiger partial charge in [-0.1, -0.05) is 5.18 Å². The molecular weight excluding hydrogens is 178 g/mol. The summed E-state index contributed by atoms with van der Waals surface area (Å²) < 4.78 is 5.32. The Balaban J connectivity index is 2.20. The first-order valence-corrected chi connectivity index (χ1v) is 4.72. The summed E-state index contributed by atoms with van der Waals surface area (Å²) in [5.74, 6) is 0.629. The molecule has 2 saturated carbocycles. The van der Waals surface area contributed by atoms with Crippen LogP contribution in [0.1, 0.15) is 12.8 Å². The van der Waals surface area contributed by atoms with Crippen molar-refractivity contribution in [3.63, 3.8) is 0 Å². The number of hydrogen-bond donors (Lipinski definition) is 0. The van der Waals surface area contributed by atoms with E-state index in [2.05, 4.69) is 5.18 Å². The van der Waals surface area contributed by atoms with Gasteiger partial charge in [0.15, 0.2) is 0 Å². The Morgan fingerprint density at radius 3 is 2.50 bits per heavy atom. The largest absolute Gasteiger partial charge is 0.381 e. The Bertz CT molecular complexity index is 199. The highest BCUT2D eigenvalue weighted by Crippen LogP contribution is 2.49. The molecule has 0 N–H and O–H groups in total. The molecule has 0 aromatic carbocycles. The van der Waals surface area contributed by atoms with Crippen LogP contribution in [0.2, 0.25) is 0 Å². The summed E-state index contributed by atoms with van der Waals surface area (Å²) >= 11 is 6.07. The van der Waals surface area contributed by atoms with Crippen LogP contribution >= 0.6 is 11.6 Å². The molecule has 0 amide bonds. The van der Waals surface area contributed by atoms with Gasteiger partial charge in [0.2, 0.25) is 0 Å². The summed E-state index contributed by atoms with van der Waals surface area (Å²) in [6, 6.07) is -0.213. The van der Waals surface area contributed by atoms with E-state index in [1.54, 1.807) is 7.11 Å². The monoisotopic (exact) mass is 189 g/mol. The van der Waals surface area contributed by atoms with E-state index in [1.165, 1.54) is 0 Å². The third kappa shape index (κ3) is 0.927. The van der Waals surface area contributed by atoms with Crippen LogP contribution in [0.25, 0.3) is 0 Å². The van der Waals surface area contributed by atoms with Crippen LogP contribution < -0.4 is 0 Å². The van der Waals surface area contributed by atoms with E-state index in [0.717, 1.165) is 12.8 Å². The van der Waals surface area contributed by atoms with E-state index in [0.29, 0.717) is 5.92 Å². The van der Waals surface area contributed by atoms with Gasteiger partial charge in [-0.05, 0) is 12.8 Å². The predicted octanol–water partition coefficient (Wildman–Crippen LogP) is 1.78. The third-order valence-electron chi connectivity index (χ3n) is 3.25. The standard InChI is InChI=1S/C8H12ClNO2/c1-12-8-4-2-3-5(8)7(10-11)6(4)9/h4-8H,2-3H2,1H3/t4-,5+,6+,7-,8-/m1/s1. The first kappa shape index (κ1) is 8.45. The summed E-state index contributed by atoms with van der Waals surface area (Å²) in [6.07, 6.45) is 2.31. The van der Waals surface area contributed by atoms with Crippen molar-refractivity contribution in [1.29, 1.82) is 0 Å². The zero-order chi connectivity index (χ0) is 8.72. The van der Waals surface area contributed by atoms with Crippen molar-refractivity contribution in [3.8, 4) is 0 Å². The molecule has 2 bridgehead atoms. The number of ether oxygens (including phenoxy) is 1. The Morgan fingerprint density at radius 2 is 2.08 bits per heavy atom. The quantitative estimate of drug-likeness (QED) is 0.491. The molecule has 0 aromatic heterocycles. The fraction of sp³-hybridized carbons (Fsp3) is 1.00. The number of halogens is 1. The lowest BCUT2D eigenvalue weighted by atomic mass is 9.96. The van der Waals surface area contributed by atoms with Crippen LogP contribution in [-0.4, -0.2) is 24.6 Å². The van der Waals surface area contributed by atoms with Gasteiger partial charge in [-0.3, -0.25) is 0 Å². The van der Waals surface area contributed by atoms with Crippen molar-refractivity contribution in [2.45, 2.75) is 30.4 Å². The fourth-order valence-corrected chi connectivity index (χ4v) is 3.21. The van der Waals surface area contributed by atoms with Crippen molar-refractivity contribution in [1.82, 2.24) is 0 Å².